The average molecular weight is 793 g/mol. The van der Waals surface area contributed by atoms with Crippen molar-refractivity contribution < 1.29 is 0 Å². The van der Waals surface area contributed by atoms with Crippen molar-refractivity contribution in [3.63, 3.8) is 0 Å². The van der Waals surface area contributed by atoms with Crippen molar-refractivity contribution in [2.24, 2.45) is 0 Å². The zero-order valence-corrected chi connectivity index (χ0v) is 33.9. The summed E-state index contributed by atoms with van der Waals surface area (Å²) < 4.78 is 2.21. The maximum atomic E-state index is 5.23. The first-order chi connectivity index (χ1) is 30.7. The number of rotatable bonds is 9. The third-order valence-electron chi connectivity index (χ3n) is 11.6. The van der Waals surface area contributed by atoms with E-state index >= 15 is 0 Å². The number of hydrogen-bond donors (Lipinski definition) is 0. The largest absolute Gasteiger partial charge is 0.310 e. The molecule has 0 bridgehead atoms. The van der Waals surface area contributed by atoms with Gasteiger partial charge < -0.3 is 4.90 Å². The van der Waals surface area contributed by atoms with Gasteiger partial charge in [-0.15, -0.1) is 0 Å². The molecule has 0 amide bonds. The minimum absolute atomic E-state index is 0.637. The maximum absolute atomic E-state index is 5.23. The highest BCUT2D eigenvalue weighted by atomic mass is 15.2. The number of aromatic nitrogens is 3. The molecule has 0 unspecified atom stereocenters. The van der Waals surface area contributed by atoms with Crippen LogP contribution in [0, 0.1) is 0 Å². The van der Waals surface area contributed by atoms with E-state index in [-0.39, 0.29) is 0 Å². The molecule has 0 aliphatic heterocycles. The molecule has 0 aliphatic carbocycles. The molecule has 0 fully saturated rings. The van der Waals surface area contributed by atoms with Crippen molar-refractivity contribution in [3.05, 3.63) is 243 Å². The molecule has 292 valence electrons. The minimum atomic E-state index is 0.637. The highest BCUT2D eigenvalue weighted by molar-refractivity contribution is 6.10. The fraction of sp³-hybridized carbons (Fsp3) is 0. The standard InChI is InChI=1S/C58H40N4/c1-5-16-41(17-6-1)43-28-33-49(34-29-43)61(50-35-30-44(31-36-50)42-18-7-2-8-19-42)51-25-15-24-47(38-51)48-32-37-57-53(39-48)52-26-13-14-27-56(52)62(57)58-59-54(45-20-9-3-10-21-45)40-55(60-58)46-22-11-4-12-23-46/h1-40H. The van der Waals surface area contributed by atoms with Crippen LogP contribution in [0.5, 0.6) is 0 Å². The number of para-hydroxylation sites is 1. The summed E-state index contributed by atoms with van der Waals surface area (Å²) in [5, 5.41) is 2.29. The molecular weight excluding hydrogens is 753 g/mol. The number of anilines is 3. The Kier molecular flexibility index (Phi) is 9.49. The molecule has 0 N–H and O–H groups in total. The highest BCUT2D eigenvalue weighted by Crippen LogP contribution is 2.40. The predicted molar refractivity (Wildman–Crippen MR) is 258 cm³/mol. The average Bonchev–Trinajstić information content (AvgIpc) is 3.69. The summed E-state index contributed by atoms with van der Waals surface area (Å²) in [6.45, 7) is 0. The molecule has 2 heterocycles. The summed E-state index contributed by atoms with van der Waals surface area (Å²) in [5.74, 6) is 0.637. The van der Waals surface area contributed by atoms with Gasteiger partial charge in [-0.1, -0.05) is 182 Å². The molecule has 0 radical (unpaired) electrons. The Bertz CT molecular complexity index is 3170. The summed E-state index contributed by atoms with van der Waals surface area (Å²) in [5.41, 5.74) is 16.2. The maximum Gasteiger partial charge on any atom is 0.235 e. The lowest BCUT2D eigenvalue weighted by molar-refractivity contribution is 0.995. The highest BCUT2D eigenvalue weighted by Gasteiger charge is 2.19. The monoisotopic (exact) mass is 792 g/mol. The zero-order valence-electron chi connectivity index (χ0n) is 33.9. The molecule has 0 saturated carbocycles. The molecule has 2 aromatic heterocycles. The fourth-order valence-electron chi connectivity index (χ4n) is 8.55. The lowest BCUT2D eigenvalue weighted by atomic mass is 10.0. The van der Waals surface area contributed by atoms with Crippen molar-refractivity contribution in [2.75, 3.05) is 4.90 Å². The van der Waals surface area contributed by atoms with Crippen molar-refractivity contribution >= 4 is 38.9 Å². The van der Waals surface area contributed by atoms with E-state index in [1.807, 2.05) is 12.1 Å². The molecule has 62 heavy (non-hydrogen) atoms. The van der Waals surface area contributed by atoms with Gasteiger partial charge in [0.1, 0.15) is 0 Å². The molecule has 0 spiro atoms. The van der Waals surface area contributed by atoms with Gasteiger partial charge in [-0.05, 0) is 94.0 Å². The molecular formula is C58H40N4. The number of fused-ring (bicyclic) bond motifs is 3. The Morgan fingerprint density at radius 1 is 0.274 bits per heavy atom. The third-order valence-corrected chi connectivity index (χ3v) is 11.6. The van der Waals surface area contributed by atoms with Crippen molar-refractivity contribution in [2.45, 2.75) is 0 Å². The first-order valence-electron chi connectivity index (χ1n) is 21.0. The third kappa shape index (κ3) is 7.00. The lowest BCUT2D eigenvalue weighted by Gasteiger charge is -2.26. The molecule has 11 aromatic rings. The van der Waals surface area contributed by atoms with Gasteiger partial charge in [-0.3, -0.25) is 4.57 Å². The van der Waals surface area contributed by atoms with Crippen LogP contribution in [0.25, 0.3) is 83.6 Å². The topological polar surface area (TPSA) is 34.0 Å². The SMILES string of the molecule is c1ccc(-c2ccc(N(c3ccc(-c4ccccc4)cc3)c3cccc(-c4ccc5c(c4)c4ccccc4n5-c4nc(-c5ccccc5)cc(-c5ccccc5)n4)c3)cc2)cc1. The van der Waals surface area contributed by atoms with E-state index in [1.54, 1.807) is 0 Å². The number of hydrogen-bond acceptors (Lipinski definition) is 3. The second-order valence-electron chi connectivity index (χ2n) is 15.5. The van der Waals surface area contributed by atoms with Crippen LogP contribution in [0.2, 0.25) is 0 Å². The Balaban J connectivity index is 1.02. The Morgan fingerprint density at radius 2 is 0.694 bits per heavy atom. The first kappa shape index (κ1) is 36.7. The van der Waals surface area contributed by atoms with Crippen molar-refractivity contribution in [1.82, 2.24) is 14.5 Å². The van der Waals surface area contributed by atoms with Gasteiger partial charge in [0, 0.05) is 39.0 Å². The van der Waals surface area contributed by atoms with Crippen molar-refractivity contribution in [3.8, 4) is 61.8 Å². The number of nitrogens with zero attached hydrogens (tertiary/aromatic N) is 4. The van der Waals surface area contributed by atoms with Crippen LogP contribution in [0.3, 0.4) is 0 Å². The predicted octanol–water partition coefficient (Wildman–Crippen LogP) is 15.4. The van der Waals surface area contributed by atoms with E-state index in [1.165, 1.54) is 22.3 Å². The van der Waals surface area contributed by atoms with Crippen LogP contribution in [-0.4, -0.2) is 14.5 Å². The fourth-order valence-corrected chi connectivity index (χ4v) is 8.55. The first-order valence-corrected chi connectivity index (χ1v) is 21.0. The van der Waals surface area contributed by atoms with E-state index in [4.69, 9.17) is 9.97 Å². The molecule has 9 aromatic carbocycles. The van der Waals surface area contributed by atoms with Gasteiger partial charge >= 0.3 is 0 Å². The summed E-state index contributed by atoms with van der Waals surface area (Å²) in [7, 11) is 0. The molecule has 0 atom stereocenters. The zero-order chi connectivity index (χ0) is 41.2. The Labute approximate surface area is 361 Å². The second kappa shape index (κ2) is 16.0. The Hall–Kier alpha value is -8.34. The van der Waals surface area contributed by atoms with Gasteiger partial charge in [-0.25, -0.2) is 9.97 Å². The van der Waals surface area contributed by atoms with Gasteiger partial charge in [-0.2, -0.15) is 0 Å². The van der Waals surface area contributed by atoms with E-state index in [9.17, 15) is 0 Å². The van der Waals surface area contributed by atoms with Crippen LogP contribution < -0.4 is 4.90 Å². The Morgan fingerprint density at radius 3 is 1.24 bits per heavy atom. The van der Waals surface area contributed by atoms with Crippen LogP contribution in [-0.2, 0) is 0 Å². The summed E-state index contributed by atoms with van der Waals surface area (Å²) in [6, 6.07) is 85.8. The molecule has 11 rings (SSSR count). The van der Waals surface area contributed by atoms with E-state index in [0.717, 1.165) is 72.5 Å². The summed E-state index contributed by atoms with van der Waals surface area (Å²) >= 11 is 0. The van der Waals surface area contributed by atoms with E-state index in [2.05, 4.69) is 240 Å². The lowest BCUT2D eigenvalue weighted by Crippen LogP contribution is -2.10. The normalized spacial score (nSPS) is 11.2. The van der Waals surface area contributed by atoms with E-state index in [0.29, 0.717) is 5.95 Å². The molecule has 4 nitrogen and oxygen atoms in total. The molecule has 4 heteroatoms. The van der Waals surface area contributed by atoms with Crippen LogP contribution in [0.4, 0.5) is 17.1 Å². The van der Waals surface area contributed by atoms with Crippen LogP contribution in [0.15, 0.2) is 243 Å². The van der Waals surface area contributed by atoms with Gasteiger partial charge in [0.25, 0.3) is 0 Å². The van der Waals surface area contributed by atoms with Gasteiger partial charge in [0.05, 0.1) is 22.4 Å². The smallest absolute Gasteiger partial charge is 0.235 e. The van der Waals surface area contributed by atoms with Crippen LogP contribution in [0.1, 0.15) is 0 Å². The second-order valence-corrected chi connectivity index (χ2v) is 15.5. The van der Waals surface area contributed by atoms with Gasteiger partial charge in [0.2, 0.25) is 5.95 Å². The summed E-state index contributed by atoms with van der Waals surface area (Å²) in [6.07, 6.45) is 0. The quantitative estimate of drug-likeness (QED) is 0.146. The molecule has 0 aliphatic rings. The van der Waals surface area contributed by atoms with Gasteiger partial charge in [0.15, 0.2) is 0 Å². The summed E-state index contributed by atoms with van der Waals surface area (Å²) in [4.78, 5) is 12.8. The molecule has 0 saturated heterocycles. The van der Waals surface area contributed by atoms with Crippen molar-refractivity contribution in [1.29, 1.82) is 0 Å². The van der Waals surface area contributed by atoms with E-state index < -0.39 is 0 Å². The number of benzene rings is 9. The minimum Gasteiger partial charge on any atom is -0.310 e. The van der Waals surface area contributed by atoms with Crippen LogP contribution >= 0.6 is 0 Å².